The van der Waals surface area contributed by atoms with Crippen molar-refractivity contribution in [3.8, 4) is 11.1 Å². The maximum absolute atomic E-state index is 13.9. The third-order valence-corrected chi connectivity index (χ3v) is 3.96. The van der Waals surface area contributed by atoms with E-state index in [-0.39, 0.29) is 13.9 Å². The Morgan fingerprint density at radius 2 is 2.08 bits per heavy atom. The Bertz CT molecular complexity index is 842. The number of carbonyl (C=O) groups is 1. The number of anilines is 1. The minimum Gasteiger partial charge on any atom is -0.312 e. The first kappa shape index (κ1) is 17.9. The summed E-state index contributed by atoms with van der Waals surface area (Å²) < 4.78 is 26.0. The van der Waals surface area contributed by atoms with Crippen LogP contribution in [0.15, 0.2) is 47.6 Å². The van der Waals surface area contributed by atoms with Gasteiger partial charge in [-0.1, -0.05) is 12.1 Å². The Balaban J connectivity index is 0.000000730. The smallest absolute Gasteiger partial charge is 0.212 e. The van der Waals surface area contributed by atoms with E-state index in [1.807, 2.05) is 30.7 Å². The number of thioether (sulfide) groups is 1. The van der Waals surface area contributed by atoms with Crippen LogP contribution in [0.1, 0.15) is 8.35 Å². The van der Waals surface area contributed by atoms with Crippen molar-refractivity contribution in [2.45, 2.75) is 11.8 Å². The van der Waals surface area contributed by atoms with Crippen LogP contribution < -0.4 is 5.32 Å². The SMILES string of the molecule is CCF.CSc1c(F)cccc1-c1ccc2nc(NC=O)cn2c1.[HH]. The molecule has 4 nitrogen and oxygen atoms in total. The van der Waals surface area contributed by atoms with Crippen molar-refractivity contribution < 1.29 is 15.0 Å². The Labute approximate surface area is 144 Å². The van der Waals surface area contributed by atoms with Gasteiger partial charge in [-0.3, -0.25) is 9.18 Å². The minimum absolute atomic E-state index is 0. The van der Waals surface area contributed by atoms with Crippen LogP contribution in [0.5, 0.6) is 0 Å². The third kappa shape index (κ3) is 3.91. The van der Waals surface area contributed by atoms with Crippen LogP contribution in [-0.2, 0) is 4.79 Å². The van der Waals surface area contributed by atoms with E-state index in [0.717, 1.165) is 11.1 Å². The van der Waals surface area contributed by atoms with Crippen molar-refractivity contribution in [1.82, 2.24) is 9.38 Å². The second kappa shape index (κ2) is 8.44. The first-order chi connectivity index (χ1) is 11.6. The summed E-state index contributed by atoms with van der Waals surface area (Å²) in [6.45, 7) is 1.21. The maximum atomic E-state index is 13.9. The summed E-state index contributed by atoms with van der Waals surface area (Å²) in [6.07, 6.45) is 6.02. The van der Waals surface area contributed by atoms with Crippen molar-refractivity contribution in [2.75, 3.05) is 18.2 Å². The molecule has 0 atom stereocenters. The molecule has 1 N–H and O–H groups in total. The van der Waals surface area contributed by atoms with Crippen molar-refractivity contribution in [3.63, 3.8) is 0 Å². The van der Waals surface area contributed by atoms with Gasteiger partial charge >= 0.3 is 0 Å². The molecule has 2 aromatic heterocycles. The van der Waals surface area contributed by atoms with E-state index in [9.17, 15) is 13.6 Å². The number of hydrogen-bond donors (Lipinski definition) is 1. The predicted molar refractivity (Wildman–Crippen MR) is 95.8 cm³/mol. The molecular weight excluding hydrogens is 332 g/mol. The number of aromatic nitrogens is 2. The highest BCUT2D eigenvalue weighted by molar-refractivity contribution is 7.98. The highest BCUT2D eigenvalue weighted by atomic mass is 32.2. The molecule has 128 valence electrons. The number of benzene rings is 1. The molecule has 1 aromatic carbocycles. The molecule has 0 spiro atoms. The molecule has 0 unspecified atom stereocenters. The van der Waals surface area contributed by atoms with Crippen molar-refractivity contribution in [2.24, 2.45) is 0 Å². The van der Waals surface area contributed by atoms with Crippen LogP contribution in [0.25, 0.3) is 16.8 Å². The Morgan fingerprint density at radius 3 is 2.75 bits per heavy atom. The summed E-state index contributed by atoms with van der Waals surface area (Å²) in [5.74, 6) is 0.250. The number of nitrogens with one attached hydrogen (secondary N) is 1. The zero-order valence-electron chi connectivity index (χ0n) is 13.3. The van der Waals surface area contributed by atoms with Gasteiger partial charge in [-0.15, -0.1) is 11.8 Å². The van der Waals surface area contributed by atoms with Crippen LogP contribution in [0.3, 0.4) is 0 Å². The van der Waals surface area contributed by atoms with E-state index in [0.29, 0.717) is 22.8 Å². The molecule has 0 fully saturated rings. The van der Waals surface area contributed by atoms with Gasteiger partial charge in [0.25, 0.3) is 0 Å². The van der Waals surface area contributed by atoms with E-state index in [1.165, 1.54) is 24.8 Å². The zero-order chi connectivity index (χ0) is 17.5. The molecule has 2 heterocycles. The van der Waals surface area contributed by atoms with Crippen LogP contribution in [0.2, 0.25) is 0 Å². The summed E-state index contributed by atoms with van der Waals surface area (Å²) in [5, 5.41) is 2.51. The fourth-order valence-electron chi connectivity index (χ4n) is 2.22. The number of amides is 1. The first-order valence-electron chi connectivity index (χ1n) is 7.22. The highest BCUT2D eigenvalue weighted by Crippen LogP contribution is 2.32. The highest BCUT2D eigenvalue weighted by Gasteiger charge is 2.10. The first-order valence-corrected chi connectivity index (χ1v) is 8.44. The lowest BCUT2D eigenvalue weighted by molar-refractivity contribution is -0.105. The number of nitrogens with zero attached hydrogens (tertiary/aromatic N) is 2. The standard InChI is InChI=1S/C15H12FN3OS.C2H5F.H2/c1-21-15-11(3-2-4-12(15)16)10-5-6-14-18-13(17-9-20)8-19(14)7-10;1-2-3;/h2-9H,1H3,(H,17,20);2H2,1H3;1H. The van der Waals surface area contributed by atoms with Gasteiger partial charge < -0.3 is 9.72 Å². The summed E-state index contributed by atoms with van der Waals surface area (Å²) in [5.41, 5.74) is 2.44. The Kier molecular flexibility index (Phi) is 6.31. The Morgan fingerprint density at radius 1 is 1.33 bits per heavy atom. The molecule has 7 heteroatoms. The van der Waals surface area contributed by atoms with E-state index >= 15 is 0 Å². The topological polar surface area (TPSA) is 46.4 Å². The monoisotopic (exact) mass is 351 g/mol. The summed E-state index contributed by atoms with van der Waals surface area (Å²) >= 11 is 1.38. The number of hydrogen-bond acceptors (Lipinski definition) is 3. The van der Waals surface area contributed by atoms with Crippen LogP contribution in [-0.4, -0.2) is 28.7 Å². The fourth-order valence-corrected chi connectivity index (χ4v) is 2.89. The average Bonchev–Trinajstić information content (AvgIpc) is 2.97. The average molecular weight is 351 g/mol. The largest absolute Gasteiger partial charge is 0.312 e. The lowest BCUT2D eigenvalue weighted by Gasteiger charge is -2.08. The van der Waals surface area contributed by atoms with Crippen molar-refractivity contribution in [3.05, 3.63) is 48.5 Å². The molecule has 0 saturated heterocycles. The predicted octanol–water partition coefficient (Wildman–Crippen LogP) is 4.65. The summed E-state index contributed by atoms with van der Waals surface area (Å²) in [6, 6.07) is 8.76. The number of carbonyl (C=O) groups excluding carboxylic acids is 1. The van der Waals surface area contributed by atoms with Gasteiger partial charge in [0.2, 0.25) is 6.41 Å². The van der Waals surface area contributed by atoms with Gasteiger partial charge in [-0.05, 0) is 42.5 Å². The fraction of sp³-hybridized carbons (Fsp3) is 0.176. The summed E-state index contributed by atoms with van der Waals surface area (Å²) in [4.78, 5) is 15.3. The van der Waals surface area contributed by atoms with Gasteiger partial charge in [0, 0.05) is 7.62 Å². The van der Waals surface area contributed by atoms with Crippen LogP contribution in [0.4, 0.5) is 14.6 Å². The number of halogens is 2. The molecule has 1 amide bonds. The van der Waals surface area contributed by atoms with Gasteiger partial charge in [0.05, 0.1) is 17.8 Å². The van der Waals surface area contributed by atoms with E-state index in [4.69, 9.17) is 0 Å². The molecule has 0 aliphatic heterocycles. The molecule has 3 rings (SSSR count). The number of pyridine rings is 1. The quantitative estimate of drug-likeness (QED) is 0.550. The maximum Gasteiger partial charge on any atom is 0.212 e. The zero-order valence-corrected chi connectivity index (χ0v) is 14.1. The lowest BCUT2D eigenvalue weighted by atomic mass is 10.1. The molecular formula is C17H19F2N3OS. The molecule has 24 heavy (non-hydrogen) atoms. The number of fused-ring (bicyclic) bond motifs is 1. The van der Waals surface area contributed by atoms with Crippen molar-refractivity contribution in [1.29, 1.82) is 0 Å². The van der Waals surface area contributed by atoms with Gasteiger partial charge in [-0.25, -0.2) is 9.37 Å². The molecule has 0 radical (unpaired) electrons. The lowest BCUT2D eigenvalue weighted by Crippen LogP contribution is -1.92. The number of imidazole rings is 1. The van der Waals surface area contributed by atoms with E-state index in [1.54, 1.807) is 16.7 Å². The molecule has 0 aliphatic carbocycles. The van der Waals surface area contributed by atoms with Gasteiger partial charge in [0.15, 0.2) is 5.82 Å². The third-order valence-electron chi connectivity index (χ3n) is 3.14. The second-order valence-corrected chi connectivity index (χ2v) is 5.48. The van der Waals surface area contributed by atoms with Crippen molar-refractivity contribution >= 4 is 29.6 Å². The number of rotatable bonds is 4. The van der Waals surface area contributed by atoms with Crippen LogP contribution >= 0.6 is 11.8 Å². The van der Waals surface area contributed by atoms with E-state index in [2.05, 4.69) is 10.3 Å². The molecule has 0 bridgehead atoms. The normalized spacial score (nSPS) is 10.2. The number of alkyl halides is 1. The molecule has 0 saturated carbocycles. The van der Waals surface area contributed by atoms with Crippen LogP contribution in [0, 0.1) is 5.82 Å². The van der Waals surface area contributed by atoms with E-state index < -0.39 is 0 Å². The second-order valence-electron chi connectivity index (χ2n) is 4.66. The summed E-state index contributed by atoms with van der Waals surface area (Å²) in [7, 11) is 0. The molecule has 0 aliphatic rings. The van der Waals surface area contributed by atoms with Gasteiger partial charge in [-0.2, -0.15) is 0 Å². The minimum atomic E-state index is -0.250. The van der Waals surface area contributed by atoms with Gasteiger partial charge in [0.1, 0.15) is 11.5 Å². The Hall–Kier alpha value is -2.41. The molecule has 3 aromatic rings.